The largest absolute Gasteiger partial charge is 0.497 e. The number of aromatic nitrogens is 1. The van der Waals surface area contributed by atoms with E-state index in [1.807, 2.05) is 24.3 Å². The van der Waals surface area contributed by atoms with Gasteiger partial charge in [-0.1, -0.05) is 18.2 Å². The Morgan fingerprint density at radius 3 is 2.50 bits per heavy atom. The van der Waals surface area contributed by atoms with E-state index in [1.165, 1.54) is 24.5 Å². The van der Waals surface area contributed by atoms with Crippen molar-refractivity contribution in [3.8, 4) is 5.75 Å². The van der Waals surface area contributed by atoms with Crippen molar-refractivity contribution in [2.24, 2.45) is 0 Å². The van der Waals surface area contributed by atoms with Crippen molar-refractivity contribution in [1.29, 1.82) is 0 Å². The Bertz CT molecular complexity index is 1380. The number of fused-ring (bicyclic) bond motifs is 1. The van der Waals surface area contributed by atoms with Gasteiger partial charge in [-0.3, -0.25) is 9.52 Å². The molecule has 0 bridgehead atoms. The topological polar surface area (TPSA) is 107 Å². The lowest BCUT2D eigenvalue weighted by molar-refractivity contribution is -0.121. The predicted molar refractivity (Wildman–Crippen MR) is 133 cm³/mol. The van der Waals surface area contributed by atoms with Gasteiger partial charge in [-0.25, -0.2) is 13.4 Å². The van der Waals surface area contributed by atoms with E-state index in [2.05, 4.69) is 15.0 Å². The van der Waals surface area contributed by atoms with Crippen LogP contribution < -0.4 is 14.8 Å². The molecular weight excluding hydrogens is 474 g/mol. The average Bonchev–Trinajstić information content (AvgIpc) is 3.23. The van der Waals surface area contributed by atoms with Crippen molar-refractivity contribution in [2.75, 3.05) is 23.8 Å². The van der Waals surface area contributed by atoms with Crippen LogP contribution in [0.2, 0.25) is 0 Å². The monoisotopic (exact) mass is 497 g/mol. The Labute approximate surface area is 201 Å². The Morgan fingerprint density at radius 1 is 1.03 bits per heavy atom. The third-order valence-electron chi connectivity index (χ3n) is 4.90. The molecule has 0 radical (unpaired) electrons. The molecule has 2 N–H and O–H groups in total. The van der Waals surface area contributed by atoms with E-state index in [0.717, 1.165) is 15.2 Å². The van der Waals surface area contributed by atoms with Gasteiger partial charge in [0.25, 0.3) is 10.0 Å². The number of hydrogen-bond donors (Lipinski definition) is 2. The van der Waals surface area contributed by atoms with Crippen molar-refractivity contribution in [3.05, 3.63) is 77.3 Å². The highest BCUT2D eigenvalue weighted by Crippen LogP contribution is 2.25. The molecule has 1 amide bonds. The molecular formula is C24H23N3O5S2. The van der Waals surface area contributed by atoms with Crippen LogP contribution in [0, 0.1) is 6.92 Å². The van der Waals surface area contributed by atoms with E-state index in [4.69, 9.17) is 9.47 Å². The standard InChI is InChI=1S/C24H23N3O5S2/c1-16-7-8-18(13-22(16)34(29,30)27-17-9-11-19(31-2)12-10-17)25-23(28)14-32-15-24-26-20-5-3-4-6-21(20)33-24/h3-13,27H,14-15H2,1-2H3,(H,25,28). The second kappa shape index (κ2) is 10.2. The number of para-hydroxylation sites is 1. The number of nitrogens with one attached hydrogen (secondary N) is 2. The van der Waals surface area contributed by atoms with Crippen LogP contribution in [-0.4, -0.2) is 33.0 Å². The number of carbonyl (C=O) groups is 1. The first-order valence-corrected chi connectivity index (χ1v) is 12.6. The first-order chi connectivity index (χ1) is 16.3. The maximum Gasteiger partial charge on any atom is 0.262 e. The zero-order chi connectivity index (χ0) is 24.1. The normalized spacial score (nSPS) is 11.4. The van der Waals surface area contributed by atoms with Crippen LogP contribution in [0.4, 0.5) is 11.4 Å². The van der Waals surface area contributed by atoms with Crippen LogP contribution in [0.1, 0.15) is 10.6 Å². The van der Waals surface area contributed by atoms with E-state index >= 15 is 0 Å². The summed E-state index contributed by atoms with van der Waals surface area (Å²) in [5.41, 5.74) is 2.20. The van der Waals surface area contributed by atoms with Gasteiger partial charge in [0.05, 0.1) is 28.8 Å². The van der Waals surface area contributed by atoms with Gasteiger partial charge < -0.3 is 14.8 Å². The van der Waals surface area contributed by atoms with Crippen molar-refractivity contribution in [3.63, 3.8) is 0 Å². The molecule has 0 aliphatic heterocycles. The number of nitrogens with zero attached hydrogens (tertiary/aromatic N) is 1. The number of ether oxygens (including phenoxy) is 2. The molecule has 0 aliphatic carbocycles. The minimum absolute atomic E-state index is 0.0662. The Kier molecular flexibility index (Phi) is 7.11. The number of sulfonamides is 1. The highest BCUT2D eigenvalue weighted by molar-refractivity contribution is 7.92. The lowest BCUT2D eigenvalue weighted by Crippen LogP contribution is -2.19. The van der Waals surface area contributed by atoms with Crippen LogP contribution in [0.3, 0.4) is 0 Å². The van der Waals surface area contributed by atoms with Gasteiger partial charge in [0.15, 0.2) is 0 Å². The van der Waals surface area contributed by atoms with Gasteiger partial charge in [0.1, 0.15) is 17.4 Å². The van der Waals surface area contributed by atoms with Crippen LogP contribution in [0.25, 0.3) is 10.2 Å². The summed E-state index contributed by atoms with van der Waals surface area (Å²) in [6.07, 6.45) is 0. The smallest absolute Gasteiger partial charge is 0.262 e. The molecule has 0 atom stereocenters. The van der Waals surface area contributed by atoms with Gasteiger partial charge in [-0.05, 0) is 61.0 Å². The minimum atomic E-state index is -3.87. The third kappa shape index (κ3) is 5.71. The summed E-state index contributed by atoms with van der Waals surface area (Å²) in [7, 11) is -2.33. The molecule has 0 saturated heterocycles. The number of carbonyl (C=O) groups excluding carboxylic acids is 1. The SMILES string of the molecule is COc1ccc(NS(=O)(=O)c2cc(NC(=O)COCc3nc4ccccc4s3)ccc2C)cc1. The second-order valence-electron chi connectivity index (χ2n) is 7.43. The first-order valence-electron chi connectivity index (χ1n) is 10.3. The number of anilines is 2. The molecule has 0 spiro atoms. The van der Waals surface area contributed by atoms with Crippen molar-refractivity contribution >= 4 is 48.9 Å². The van der Waals surface area contributed by atoms with Crippen molar-refractivity contribution in [2.45, 2.75) is 18.4 Å². The molecule has 0 aliphatic rings. The first kappa shape index (κ1) is 23.7. The van der Waals surface area contributed by atoms with E-state index < -0.39 is 15.9 Å². The van der Waals surface area contributed by atoms with Crippen LogP contribution >= 0.6 is 11.3 Å². The summed E-state index contributed by atoms with van der Waals surface area (Å²) in [6.45, 7) is 1.72. The van der Waals surface area contributed by atoms with Crippen molar-refractivity contribution < 1.29 is 22.7 Å². The molecule has 0 unspecified atom stereocenters. The zero-order valence-electron chi connectivity index (χ0n) is 18.6. The lowest BCUT2D eigenvalue weighted by Gasteiger charge is -2.13. The van der Waals surface area contributed by atoms with E-state index in [0.29, 0.717) is 22.7 Å². The maximum absolute atomic E-state index is 12.9. The number of methoxy groups -OCH3 is 1. The highest BCUT2D eigenvalue weighted by Gasteiger charge is 2.18. The summed E-state index contributed by atoms with van der Waals surface area (Å²) in [5, 5.41) is 3.46. The third-order valence-corrected chi connectivity index (χ3v) is 7.43. The van der Waals surface area contributed by atoms with Crippen molar-refractivity contribution in [1.82, 2.24) is 4.98 Å². The van der Waals surface area contributed by atoms with Gasteiger partial charge in [0, 0.05) is 11.4 Å². The molecule has 1 heterocycles. The average molecular weight is 498 g/mol. The summed E-state index contributed by atoms with van der Waals surface area (Å²) >= 11 is 1.51. The quantitative estimate of drug-likeness (QED) is 0.351. The predicted octanol–water partition coefficient (Wildman–Crippen LogP) is 4.57. The van der Waals surface area contributed by atoms with Crippen LogP contribution in [0.15, 0.2) is 71.6 Å². The van der Waals surface area contributed by atoms with Gasteiger partial charge >= 0.3 is 0 Å². The number of thiazole rings is 1. The molecule has 0 fully saturated rings. The summed E-state index contributed by atoms with van der Waals surface area (Å²) in [6, 6.07) is 19.0. The number of rotatable bonds is 9. The summed E-state index contributed by atoms with van der Waals surface area (Å²) in [5.74, 6) is 0.227. The Hall–Kier alpha value is -3.47. The van der Waals surface area contributed by atoms with E-state index in [9.17, 15) is 13.2 Å². The molecule has 4 aromatic rings. The zero-order valence-corrected chi connectivity index (χ0v) is 20.2. The molecule has 1 aromatic heterocycles. The number of amides is 1. The fourth-order valence-corrected chi connectivity index (χ4v) is 5.48. The molecule has 34 heavy (non-hydrogen) atoms. The molecule has 4 rings (SSSR count). The van der Waals surface area contributed by atoms with Crippen LogP contribution in [0.5, 0.6) is 5.75 Å². The van der Waals surface area contributed by atoms with Gasteiger partial charge in [-0.2, -0.15) is 0 Å². The van der Waals surface area contributed by atoms with Gasteiger partial charge in [-0.15, -0.1) is 11.3 Å². The molecule has 3 aromatic carbocycles. The molecule has 0 saturated carbocycles. The number of benzene rings is 3. The van der Waals surface area contributed by atoms with Gasteiger partial charge in [0.2, 0.25) is 5.91 Å². The number of aryl methyl sites for hydroxylation is 1. The maximum atomic E-state index is 12.9. The van der Waals surface area contributed by atoms with Crippen LogP contribution in [-0.2, 0) is 26.2 Å². The Balaban J connectivity index is 1.37. The lowest BCUT2D eigenvalue weighted by atomic mass is 10.2. The minimum Gasteiger partial charge on any atom is -0.497 e. The Morgan fingerprint density at radius 2 is 1.76 bits per heavy atom. The number of hydrogen-bond acceptors (Lipinski definition) is 7. The highest BCUT2D eigenvalue weighted by atomic mass is 32.2. The fraction of sp³-hybridized carbons (Fsp3) is 0.167. The molecule has 176 valence electrons. The molecule has 10 heteroatoms. The van der Waals surface area contributed by atoms with E-state index in [-0.39, 0.29) is 18.1 Å². The summed E-state index contributed by atoms with van der Waals surface area (Å²) < 4.78 is 40.1. The summed E-state index contributed by atoms with van der Waals surface area (Å²) in [4.78, 5) is 16.9. The fourth-order valence-electron chi connectivity index (χ4n) is 3.25. The van der Waals surface area contributed by atoms with E-state index in [1.54, 1.807) is 43.3 Å². The molecule has 8 nitrogen and oxygen atoms in total. The second-order valence-corrected chi connectivity index (χ2v) is 10.2.